The maximum atomic E-state index is 11.5. The molecular weight excluding hydrogens is 250 g/mol. The van der Waals surface area contributed by atoms with Gasteiger partial charge in [-0.15, -0.1) is 0 Å². The van der Waals surface area contributed by atoms with Gasteiger partial charge in [0.15, 0.2) is 0 Å². The number of anilines is 1. The van der Waals surface area contributed by atoms with Crippen LogP contribution in [-0.4, -0.2) is 28.4 Å². The molecule has 8 heteroatoms. The third-order valence-corrected chi connectivity index (χ3v) is 2.59. The zero-order chi connectivity index (χ0) is 13.8. The van der Waals surface area contributed by atoms with Gasteiger partial charge in [0.1, 0.15) is 11.6 Å². The third kappa shape index (κ3) is 3.16. The molecule has 0 unspecified atom stereocenters. The number of carbonyl (C=O) groups is 1. The number of aromatic nitrogens is 1. The van der Waals surface area contributed by atoms with Crippen molar-refractivity contribution in [2.75, 3.05) is 11.9 Å². The standard InChI is InChI=1S/C11H11N5O3/c12-5-7-3-4-13-11(10(7)16(18)19)14-6-9(17)15-8-1-2-8/h3-4,8H,1-2,6H2,(H,13,14)(H,15,17). The zero-order valence-electron chi connectivity index (χ0n) is 9.92. The van der Waals surface area contributed by atoms with Crippen molar-refractivity contribution in [2.24, 2.45) is 0 Å². The minimum absolute atomic E-state index is 0.0741. The molecule has 1 aromatic heterocycles. The SMILES string of the molecule is N#Cc1ccnc(NCC(=O)NC2CC2)c1[N+](=O)[O-]. The molecule has 0 radical (unpaired) electrons. The number of nitrogens with zero attached hydrogens (tertiary/aromatic N) is 3. The lowest BCUT2D eigenvalue weighted by molar-refractivity contribution is -0.384. The lowest BCUT2D eigenvalue weighted by Crippen LogP contribution is -2.31. The van der Waals surface area contributed by atoms with Gasteiger partial charge in [0.25, 0.3) is 0 Å². The minimum Gasteiger partial charge on any atom is -0.355 e. The van der Waals surface area contributed by atoms with Gasteiger partial charge < -0.3 is 10.6 Å². The molecule has 1 saturated carbocycles. The summed E-state index contributed by atoms with van der Waals surface area (Å²) in [5.41, 5.74) is -0.505. The van der Waals surface area contributed by atoms with Crippen molar-refractivity contribution in [3.8, 4) is 6.07 Å². The maximum absolute atomic E-state index is 11.5. The van der Waals surface area contributed by atoms with E-state index in [4.69, 9.17) is 5.26 Å². The second kappa shape index (κ2) is 5.30. The van der Waals surface area contributed by atoms with E-state index in [1.54, 1.807) is 6.07 Å². The predicted octanol–water partition coefficient (Wildman–Crippen LogP) is 0.552. The number of nitriles is 1. The fraction of sp³-hybridized carbons (Fsp3) is 0.364. The summed E-state index contributed by atoms with van der Waals surface area (Å²) in [7, 11) is 0. The van der Waals surface area contributed by atoms with E-state index in [0.29, 0.717) is 0 Å². The molecular formula is C11H11N5O3. The number of carbonyl (C=O) groups excluding carboxylic acids is 1. The molecule has 0 aliphatic heterocycles. The van der Waals surface area contributed by atoms with Crippen LogP contribution < -0.4 is 10.6 Å². The summed E-state index contributed by atoms with van der Waals surface area (Å²) in [5, 5.41) is 25.0. The number of nitrogens with one attached hydrogen (secondary N) is 2. The van der Waals surface area contributed by atoms with E-state index < -0.39 is 10.6 Å². The second-order valence-electron chi connectivity index (χ2n) is 4.12. The fourth-order valence-electron chi connectivity index (χ4n) is 1.53. The molecule has 98 valence electrons. The molecule has 0 bridgehead atoms. The van der Waals surface area contributed by atoms with Crippen LogP contribution >= 0.6 is 0 Å². The highest BCUT2D eigenvalue weighted by molar-refractivity contribution is 5.82. The van der Waals surface area contributed by atoms with E-state index >= 15 is 0 Å². The first kappa shape index (κ1) is 12.8. The lowest BCUT2D eigenvalue weighted by Gasteiger charge is -2.07. The van der Waals surface area contributed by atoms with Crippen LogP contribution in [0.3, 0.4) is 0 Å². The number of hydrogen-bond acceptors (Lipinski definition) is 6. The van der Waals surface area contributed by atoms with Crippen LogP contribution in [0.25, 0.3) is 0 Å². The van der Waals surface area contributed by atoms with Gasteiger partial charge in [0.05, 0.1) is 11.5 Å². The molecule has 0 saturated heterocycles. The summed E-state index contributed by atoms with van der Waals surface area (Å²) in [6.45, 7) is -0.112. The highest BCUT2D eigenvalue weighted by atomic mass is 16.6. The predicted molar refractivity (Wildman–Crippen MR) is 65.3 cm³/mol. The Morgan fingerprint density at radius 2 is 2.37 bits per heavy atom. The molecule has 1 aliphatic carbocycles. The lowest BCUT2D eigenvalue weighted by atomic mass is 10.2. The van der Waals surface area contributed by atoms with Crippen molar-refractivity contribution < 1.29 is 9.72 Å². The summed E-state index contributed by atoms with van der Waals surface area (Å²) >= 11 is 0. The first-order valence-electron chi connectivity index (χ1n) is 5.68. The fourth-order valence-corrected chi connectivity index (χ4v) is 1.53. The number of hydrogen-bond donors (Lipinski definition) is 2. The Morgan fingerprint density at radius 3 is 2.95 bits per heavy atom. The molecule has 0 atom stereocenters. The van der Waals surface area contributed by atoms with E-state index in [2.05, 4.69) is 15.6 Å². The number of amides is 1. The minimum atomic E-state index is -0.688. The summed E-state index contributed by atoms with van der Waals surface area (Å²) < 4.78 is 0. The van der Waals surface area contributed by atoms with Crippen molar-refractivity contribution >= 4 is 17.4 Å². The van der Waals surface area contributed by atoms with Crippen LogP contribution in [0.1, 0.15) is 18.4 Å². The van der Waals surface area contributed by atoms with Crippen LogP contribution in [-0.2, 0) is 4.79 Å². The average Bonchev–Trinajstić information content (AvgIpc) is 3.19. The molecule has 1 heterocycles. The average molecular weight is 261 g/mol. The van der Waals surface area contributed by atoms with Gasteiger partial charge in [-0.25, -0.2) is 4.98 Å². The van der Waals surface area contributed by atoms with Crippen molar-refractivity contribution in [3.05, 3.63) is 27.9 Å². The van der Waals surface area contributed by atoms with Gasteiger partial charge in [-0.3, -0.25) is 14.9 Å². The first-order valence-corrected chi connectivity index (χ1v) is 5.68. The summed E-state index contributed by atoms with van der Waals surface area (Å²) in [6, 6.07) is 3.21. The summed E-state index contributed by atoms with van der Waals surface area (Å²) in [4.78, 5) is 25.5. The highest BCUT2D eigenvalue weighted by Gasteiger charge is 2.24. The topological polar surface area (TPSA) is 121 Å². The number of pyridine rings is 1. The van der Waals surface area contributed by atoms with E-state index in [0.717, 1.165) is 12.8 Å². The Balaban J connectivity index is 2.08. The molecule has 8 nitrogen and oxygen atoms in total. The highest BCUT2D eigenvalue weighted by Crippen LogP contribution is 2.25. The summed E-state index contributed by atoms with van der Waals surface area (Å²) in [6.07, 6.45) is 3.22. The van der Waals surface area contributed by atoms with Crippen molar-refractivity contribution in [2.45, 2.75) is 18.9 Å². The molecule has 1 amide bonds. The normalized spacial score (nSPS) is 13.4. The van der Waals surface area contributed by atoms with Gasteiger partial charge in [-0.1, -0.05) is 0 Å². The van der Waals surface area contributed by atoms with Gasteiger partial charge in [0, 0.05) is 12.2 Å². The van der Waals surface area contributed by atoms with E-state index in [1.807, 2.05) is 0 Å². The van der Waals surface area contributed by atoms with E-state index in [9.17, 15) is 14.9 Å². The Labute approximate surface area is 108 Å². The molecule has 2 N–H and O–H groups in total. The van der Waals surface area contributed by atoms with Gasteiger partial charge in [-0.05, 0) is 18.9 Å². The van der Waals surface area contributed by atoms with E-state index in [-0.39, 0.29) is 29.9 Å². The number of nitro groups is 1. The molecule has 1 aliphatic rings. The Bertz CT molecular complexity index is 562. The van der Waals surface area contributed by atoms with Crippen LogP contribution in [0.5, 0.6) is 0 Å². The second-order valence-corrected chi connectivity index (χ2v) is 4.12. The van der Waals surface area contributed by atoms with E-state index in [1.165, 1.54) is 12.3 Å². The van der Waals surface area contributed by atoms with Crippen molar-refractivity contribution in [1.29, 1.82) is 5.26 Å². The third-order valence-electron chi connectivity index (χ3n) is 2.59. The largest absolute Gasteiger partial charge is 0.355 e. The molecule has 2 rings (SSSR count). The van der Waals surface area contributed by atoms with Gasteiger partial charge in [0.2, 0.25) is 11.7 Å². The number of rotatable bonds is 5. The molecule has 1 fully saturated rings. The van der Waals surface area contributed by atoms with Crippen LogP contribution in [0.15, 0.2) is 12.3 Å². The van der Waals surface area contributed by atoms with Crippen molar-refractivity contribution in [1.82, 2.24) is 10.3 Å². The molecule has 1 aromatic rings. The van der Waals surface area contributed by atoms with Crippen LogP contribution in [0.4, 0.5) is 11.5 Å². The van der Waals surface area contributed by atoms with Crippen LogP contribution in [0.2, 0.25) is 0 Å². The summed E-state index contributed by atoms with van der Waals surface area (Å²) in [5.74, 6) is -0.323. The van der Waals surface area contributed by atoms with Crippen LogP contribution in [0, 0.1) is 21.4 Å². The maximum Gasteiger partial charge on any atom is 0.328 e. The quantitative estimate of drug-likeness (QED) is 0.589. The monoisotopic (exact) mass is 261 g/mol. The molecule has 0 spiro atoms. The Morgan fingerprint density at radius 1 is 1.63 bits per heavy atom. The molecule has 19 heavy (non-hydrogen) atoms. The van der Waals surface area contributed by atoms with Gasteiger partial charge in [-0.2, -0.15) is 5.26 Å². The first-order chi connectivity index (χ1) is 9.11. The zero-order valence-corrected chi connectivity index (χ0v) is 9.92. The Hall–Kier alpha value is -2.69. The van der Waals surface area contributed by atoms with Crippen molar-refractivity contribution in [3.63, 3.8) is 0 Å². The smallest absolute Gasteiger partial charge is 0.328 e. The molecule has 0 aromatic carbocycles. The van der Waals surface area contributed by atoms with Gasteiger partial charge >= 0.3 is 5.69 Å². The Kier molecular flexibility index (Phi) is 3.56.